The number of carbonyl (C=O) groups excluding carboxylic acids is 1. The fourth-order valence-corrected chi connectivity index (χ4v) is 2.68. The molecule has 2 aromatic rings. The topological polar surface area (TPSA) is 49.3 Å². The molecule has 0 aliphatic carbocycles. The van der Waals surface area contributed by atoms with Crippen molar-refractivity contribution in [1.82, 2.24) is 10.2 Å². The Hall–Kier alpha value is -2.43. The Morgan fingerprint density at radius 1 is 0.917 bits per heavy atom. The van der Waals surface area contributed by atoms with E-state index in [1.54, 1.807) is 11.0 Å². The standard InChI is InChI=1S/C19H26N4O/c1-4-14-22(15-5-2)18-13-12-17(20-21-18)19(24)23(6-3)16-10-8-7-9-11-16/h7-13H,4-6,14-15H2,1-3H3. The van der Waals surface area contributed by atoms with Gasteiger partial charge in [-0.1, -0.05) is 32.0 Å². The minimum atomic E-state index is -0.125. The van der Waals surface area contributed by atoms with Gasteiger partial charge in [0.05, 0.1) is 0 Å². The van der Waals surface area contributed by atoms with Gasteiger partial charge in [-0.3, -0.25) is 4.79 Å². The zero-order chi connectivity index (χ0) is 17.4. The summed E-state index contributed by atoms with van der Waals surface area (Å²) in [6.07, 6.45) is 2.11. The molecule has 2 rings (SSSR count). The van der Waals surface area contributed by atoms with E-state index in [4.69, 9.17) is 0 Å². The van der Waals surface area contributed by atoms with Crippen LogP contribution >= 0.6 is 0 Å². The van der Waals surface area contributed by atoms with E-state index < -0.39 is 0 Å². The third-order valence-corrected chi connectivity index (χ3v) is 3.81. The molecule has 5 heteroatoms. The molecule has 0 fully saturated rings. The average molecular weight is 326 g/mol. The molecular formula is C19H26N4O. The van der Waals surface area contributed by atoms with E-state index >= 15 is 0 Å². The molecule has 0 aliphatic rings. The first-order valence-corrected chi connectivity index (χ1v) is 8.66. The van der Waals surface area contributed by atoms with Crippen LogP contribution in [0, 0.1) is 0 Å². The SMILES string of the molecule is CCCN(CCC)c1ccc(C(=O)N(CC)c2ccccc2)nn1. The Labute approximate surface area is 144 Å². The quantitative estimate of drug-likeness (QED) is 0.741. The molecule has 1 aromatic heterocycles. The van der Waals surface area contributed by atoms with E-state index in [2.05, 4.69) is 28.9 Å². The molecule has 0 radical (unpaired) electrons. The fraction of sp³-hybridized carbons (Fsp3) is 0.421. The maximum Gasteiger partial charge on any atom is 0.278 e. The summed E-state index contributed by atoms with van der Waals surface area (Å²) in [5.74, 6) is 0.707. The lowest BCUT2D eigenvalue weighted by molar-refractivity contribution is 0.0982. The van der Waals surface area contributed by atoms with Gasteiger partial charge < -0.3 is 9.80 Å². The van der Waals surface area contributed by atoms with E-state index in [1.807, 2.05) is 43.3 Å². The molecule has 0 atom stereocenters. The molecule has 5 nitrogen and oxygen atoms in total. The van der Waals surface area contributed by atoms with E-state index in [0.29, 0.717) is 12.2 Å². The lowest BCUT2D eigenvalue weighted by Crippen LogP contribution is -2.32. The number of anilines is 2. The minimum Gasteiger partial charge on any atom is -0.355 e. The van der Waals surface area contributed by atoms with Crippen LogP contribution in [0.2, 0.25) is 0 Å². The summed E-state index contributed by atoms with van der Waals surface area (Å²) < 4.78 is 0. The number of hydrogen-bond acceptors (Lipinski definition) is 4. The van der Waals surface area contributed by atoms with E-state index in [0.717, 1.165) is 37.4 Å². The summed E-state index contributed by atoms with van der Waals surface area (Å²) in [7, 11) is 0. The lowest BCUT2D eigenvalue weighted by Gasteiger charge is -2.23. The van der Waals surface area contributed by atoms with Crippen LogP contribution in [0.5, 0.6) is 0 Å². The molecule has 1 aromatic carbocycles. The largest absolute Gasteiger partial charge is 0.355 e. The zero-order valence-electron chi connectivity index (χ0n) is 14.8. The number of carbonyl (C=O) groups is 1. The maximum atomic E-state index is 12.7. The Balaban J connectivity index is 2.18. The van der Waals surface area contributed by atoms with Gasteiger partial charge in [0.15, 0.2) is 11.5 Å². The second-order valence-electron chi connectivity index (χ2n) is 5.65. The first-order valence-electron chi connectivity index (χ1n) is 8.66. The molecule has 1 amide bonds. The van der Waals surface area contributed by atoms with Gasteiger partial charge in [-0.25, -0.2) is 0 Å². The van der Waals surface area contributed by atoms with Gasteiger partial charge in [-0.05, 0) is 44.0 Å². The van der Waals surface area contributed by atoms with Gasteiger partial charge in [-0.2, -0.15) is 0 Å². The van der Waals surface area contributed by atoms with Crippen LogP contribution < -0.4 is 9.80 Å². The summed E-state index contributed by atoms with van der Waals surface area (Å²) in [5.41, 5.74) is 1.24. The molecule has 0 bridgehead atoms. The van der Waals surface area contributed by atoms with Gasteiger partial charge in [0.25, 0.3) is 5.91 Å². The second-order valence-corrected chi connectivity index (χ2v) is 5.65. The van der Waals surface area contributed by atoms with Crippen LogP contribution in [0.15, 0.2) is 42.5 Å². The van der Waals surface area contributed by atoms with Gasteiger partial charge in [0, 0.05) is 25.3 Å². The van der Waals surface area contributed by atoms with Crippen molar-refractivity contribution >= 4 is 17.4 Å². The molecule has 1 heterocycles. The third-order valence-electron chi connectivity index (χ3n) is 3.81. The summed E-state index contributed by atoms with van der Waals surface area (Å²) >= 11 is 0. The summed E-state index contributed by atoms with van der Waals surface area (Å²) in [5, 5.41) is 8.45. The molecule has 24 heavy (non-hydrogen) atoms. The van der Waals surface area contributed by atoms with Crippen LogP contribution in [0.1, 0.15) is 44.1 Å². The van der Waals surface area contributed by atoms with Crippen LogP contribution in [-0.4, -0.2) is 35.7 Å². The van der Waals surface area contributed by atoms with Crippen molar-refractivity contribution in [1.29, 1.82) is 0 Å². The van der Waals surface area contributed by atoms with Gasteiger partial charge in [-0.15, -0.1) is 10.2 Å². The van der Waals surface area contributed by atoms with Crippen molar-refractivity contribution in [2.75, 3.05) is 29.4 Å². The lowest BCUT2D eigenvalue weighted by atomic mass is 10.2. The van der Waals surface area contributed by atoms with Crippen molar-refractivity contribution < 1.29 is 4.79 Å². The second kappa shape index (κ2) is 9.01. The van der Waals surface area contributed by atoms with Crippen LogP contribution in [-0.2, 0) is 0 Å². The fourth-order valence-electron chi connectivity index (χ4n) is 2.68. The van der Waals surface area contributed by atoms with Gasteiger partial charge >= 0.3 is 0 Å². The predicted molar refractivity (Wildman–Crippen MR) is 98.6 cm³/mol. The Bertz CT molecular complexity index is 622. The third kappa shape index (κ3) is 4.31. The van der Waals surface area contributed by atoms with Crippen molar-refractivity contribution in [2.24, 2.45) is 0 Å². The van der Waals surface area contributed by atoms with Crippen LogP contribution in [0.25, 0.3) is 0 Å². The highest BCUT2D eigenvalue weighted by Crippen LogP contribution is 2.17. The van der Waals surface area contributed by atoms with Crippen molar-refractivity contribution in [3.63, 3.8) is 0 Å². The normalized spacial score (nSPS) is 10.5. The van der Waals surface area contributed by atoms with Crippen LogP contribution in [0.4, 0.5) is 11.5 Å². The Kier molecular flexibility index (Phi) is 6.73. The van der Waals surface area contributed by atoms with Crippen molar-refractivity contribution in [2.45, 2.75) is 33.6 Å². The van der Waals surface area contributed by atoms with E-state index in [-0.39, 0.29) is 5.91 Å². The first kappa shape index (κ1) is 17.9. The van der Waals surface area contributed by atoms with Crippen molar-refractivity contribution in [3.8, 4) is 0 Å². The number of hydrogen-bond donors (Lipinski definition) is 0. The summed E-state index contributed by atoms with van der Waals surface area (Å²) in [4.78, 5) is 16.6. The van der Waals surface area contributed by atoms with Gasteiger partial charge in [0.2, 0.25) is 0 Å². The molecule has 0 aliphatic heterocycles. The van der Waals surface area contributed by atoms with E-state index in [9.17, 15) is 4.79 Å². The molecule has 0 unspecified atom stereocenters. The highest BCUT2D eigenvalue weighted by molar-refractivity contribution is 6.04. The highest BCUT2D eigenvalue weighted by Gasteiger charge is 2.18. The number of rotatable bonds is 8. The maximum absolute atomic E-state index is 12.7. The molecule has 0 spiro atoms. The molecule has 128 valence electrons. The minimum absolute atomic E-state index is 0.125. The summed E-state index contributed by atoms with van der Waals surface area (Å²) in [6, 6.07) is 13.3. The van der Waals surface area contributed by atoms with E-state index in [1.165, 1.54) is 0 Å². The molecule has 0 saturated carbocycles. The molecular weight excluding hydrogens is 300 g/mol. The number of para-hydroxylation sites is 1. The molecule has 0 saturated heterocycles. The smallest absolute Gasteiger partial charge is 0.278 e. The van der Waals surface area contributed by atoms with Gasteiger partial charge in [0.1, 0.15) is 0 Å². The number of nitrogens with zero attached hydrogens (tertiary/aromatic N) is 4. The average Bonchev–Trinajstić information content (AvgIpc) is 2.63. The number of aromatic nitrogens is 2. The monoisotopic (exact) mass is 326 g/mol. The summed E-state index contributed by atoms with van der Waals surface area (Å²) in [6.45, 7) is 8.72. The highest BCUT2D eigenvalue weighted by atomic mass is 16.2. The zero-order valence-corrected chi connectivity index (χ0v) is 14.8. The van der Waals surface area contributed by atoms with Crippen molar-refractivity contribution in [3.05, 3.63) is 48.2 Å². The predicted octanol–water partition coefficient (Wildman–Crippen LogP) is 3.77. The number of amides is 1. The van der Waals surface area contributed by atoms with Crippen LogP contribution in [0.3, 0.4) is 0 Å². The number of benzene rings is 1. The Morgan fingerprint density at radius 3 is 2.08 bits per heavy atom. The Morgan fingerprint density at radius 2 is 1.58 bits per heavy atom. The first-order chi connectivity index (χ1) is 11.7. The molecule has 0 N–H and O–H groups in total.